The van der Waals surface area contributed by atoms with Crippen molar-refractivity contribution in [3.63, 3.8) is 0 Å². The van der Waals surface area contributed by atoms with Gasteiger partial charge in [0.1, 0.15) is 17.1 Å². The summed E-state index contributed by atoms with van der Waals surface area (Å²) in [6, 6.07) is 9.18. The third-order valence-electron chi connectivity index (χ3n) is 3.85. The van der Waals surface area contributed by atoms with Gasteiger partial charge < -0.3 is 15.6 Å². The summed E-state index contributed by atoms with van der Waals surface area (Å²) in [5.41, 5.74) is 5.26. The van der Waals surface area contributed by atoms with Gasteiger partial charge in [0.2, 0.25) is 0 Å². The lowest BCUT2D eigenvalue weighted by molar-refractivity contribution is -0.123. The number of phenols is 1. The molecule has 0 atom stereocenters. The summed E-state index contributed by atoms with van der Waals surface area (Å²) in [4.78, 5) is 49.2. The van der Waals surface area contributed by atoms with E-state index in [-0.39, 0.29) is 22.8 Å². The normalized spacial score (nSPS) is 15.4. The molecule has 4 N–H and O–H groups in total. The highest BCUT2D eigenvalue weighted by Crippen LogP contribution is 2.28. The van der Waals surface area contributed by atoms with Crippen LogP contribution in [0.15, 0.2) is 52.5 Å². The molecule has 1 fully saturated rings. The van der Waals surface area contributed by atoms with Crippen molar-refractivity contribution >= 4 is 51.4 Å². The van der Waals surface area contributed by atoms with Crippen molar-refractivity contribution in [3.05, 3.63) is 58.1 Å². The lowest BCUT2D eigenvalue weighted by atomic mass is 10.1. The van der Waals surface area contributed by atoms with E-state index < -0.39 is 30.4 Å². The minimum Gasteiger partial charge on any atom is -0.508 e. The number of barbiturate groups is 1. The topological polar surface area (TPSA) is 139 Å². The first-order chi connectivity index (χ1) is 13.8. The van der Waals surface area contributed by atoms with E-state index in [2.05, 4.69) is 21.2 Å². The van der Waals surface area contributed by atoms with Gasteiger partial charge in [-0.05, 0) is 48.5 Å². The summed E-state index contributed by atoms with van der Waals surface area (Å²) in [6.45, 7) is -0.393. The highest BCUT2D eigenvalue weighted by atomic mass is 79.9. The number of ether oxygens (including phenoxy) is 1. The SMILES string of the molecule is NC(=O)COc1ccc(Br)cc1/C=C1\C(=O)NC(=O)N(c2ccc(O)cc2)C1=O. The number of hydrogen-bond acceptors (Lipinski definition) is 6. The molecule has 0 saturated carbocycles. The van der Waals surface area contributed by atoms with Crippen molar-refractivity contribution in [2.24, 2.45) is 5.73 Å². The number of phenolic OH excluding ortho intramolecular Hbond substituents is 1. The van der Waals surface area contributed by atoms with Crippen LogP contribution >= 0.6 is 15.9 Å². The van der Waals surface area contributed by atoms with Crippen LogP contribution in [-0.2, 0) is 14.4 Å². The molecule has 10 heteroatoms. The number of halogens is 1. The molecule has 1 aliphatic rings. The highest BCUT2D eigenvalue weighted by Gasteiger charge is 2.37. The molecule has 148 valence electrons. The largest absolute Gasteiger partial charge is 0.508 e. The van der Waals surface area contributed by atoms with Crippen molar-refractivity contribution in [2.75, 3.05) is 11.5 Å². The molecule has 2 aromatic rings. The number of anilines is 1. The fourth-order valence-corrected chi connectivity index (χ4v) is 2.94. The first-order valence-corrected chi connectivity index (χ1v) is 8.96. The number of hydrogen-bond donors (Lipinski definition) is 3. The number of primary amides is 1. The molecule has 9 nitrogen and oxygen atoms in total. The third-order valence-corrected chi connectivity index (χ3v) is 4.34. The van der Waals surface area contributed by atoms with E-state index in [0.717, 1.165) is 4.90 Å². The number of nitrogens with two attached hydrogens (primary N) is 1. The molecule has 1 saturated heterocycles. The monoisotopic (exact) mass is 459 g/mol. The van der Waals surface area contributed by atoms with Gasteiger partial charge in [-0.25, -0.2) is 9.69 Å². The molecular weight excluding hydrogens is 446 g/mol. The first kappa shape index (κ1) is 20.1. The van der Waals surface area contributed by atoms with Gasteiger partial charge in [0.05, 0.1) is 5.69 Å². The van der Waals surface area contributed by atoms with Gasteiger partial charge >= 0.3 is 6.03 Å². The van der Waals surface area contributed by atoms with E-state index in [9.17, 15) is 24.3 Å². The second-order valence-corrected chi connectivity index (χ2v) is 6.83. The van der Waals surface area contributed by atoms with Crippen LogP contribution in [0.25, 0.3) is 6.08 Å². The Kier molecular flexibility index (Phi) is 5.64. The average Bonchev–Trinajstić information content (AvgIpc) is 2.65. The van der Waals surface area contributed by atoms with Crippen LogP contribution < -0.4 is 20.7 Å². The predicted octanol–water partition coefficient (Wildman–Crippen LogP) is 1.69. The van der Waals surface area contributed by atoms with Crippen molar-refractivity contribution in [2.45, 2.75) is 0 Å². The molecule has 0 aromatic heterocycles. The summed E-state index contributed by atoms with van der Waals surface area (Å²) >= 11 is 3.29. The van der Waals surface area contributed by atoms with Crippen molar-refractivity contribution in [3.8, 4) is 11.5 Å². The van der Waals surface area contributed by atoms with Crippen LogP contribution in [0.4, 0.5) is 10.5 Å². The second kappa shape index (κ2) is 8.15. The van der Waals surface area contributed by atoms with E-state index in [1.807, 2.05) is 0 Å². The Labute approximate surface area is 172 Å². The zero-order valence-electron chi connectivity index (χ0n) is 14.7. The molecule has 0 unspecified atom stereocenters. The Bertz CT molecular complexity index is 1050. The standard InChI is InChI=1S/C19H14BrN3O6/c20-11-1-6-15(29-9-16(21)25)10(7-11)8-14-17(26)22-19(28)23(18(14)27)12-2-4-13(24)5-3-12/h1-8,24H,9H2,(H2,21,25)(H,22,26,28)/b14-8+. The Morgan fingerprint density at radius 1 is 1.17 bits per heavy atom. The lowest BCUT2D eigenvalue weighted by Crippen LogP contribution is -2.54. The maximum atomic E-state index is 12.9. The molecule has 0 spiro atoms. The molecule has 5 amide bonds. The number of benzene rings is 2. The van der Waals surface area contributed by atoms with Crippen LogP contribution in [0.5, 0.6) is 11.5 Å². The molecule has 29 heavy (non-hydrogen) atoms. The maximum Gasteiger partial charge on any atom is 0.335 e. The van der Waals surface area contributed by atoms with Crippen LogP contribution in [0.1, 0.15) is 5.56 Å². The predicted molar refractivity (Wildman–Crippen MR) is 106 cm³/mol. The number of imide groups is 2. The number of urea groups is 1. The molecule has 1 aliphatic heterocycles. The maximum absolute atomic E-state index is 12.9. The number of carbonyl (C=O) groups is 4. The van der Waals surface area contributed by atoms with E-state index in [0.29, 0.717) is 10.0 Å². The quantitative estimate of drug-likeness (QED) is 0.459. The van der Waals surface area contributed by atoms with Gasteiger partial charge in [-0.15, -0.1) is 0 Å². The Morgan fingerprint density at radius 2 is 1.86 bits per heavy atom. The molecular formula is C19H14BrN3O6. The number of nitrogens with zero attached hydrogens (tertiary/aromatic N) is 1. The summed E-state index contributed by atoms with van der Waals surface area (Å²) in [6.07, 6.45) is 1.25. The van der Waals surface area contributed by atoms with Gasteiger partial charge in [-0.3, -0.25) is 19.7 Å². The van der Waals surface area contributed by atoms with Gasteiger partial charge in [0.15, 0.2) is 6.61 Å². The van der Waals surface area contributed by atoms with Crippen LogP contribution in [0.2, 0.25) is 0 Å². The fourth-order valence-electron chi connectivity index (χ4n) is 2.56. The third kappa shape index (κ3) is 4.43. The van der Waals surface area contributed by atoms with Crippen molar-refractivity contribution in [1.29, 1.82) is 0 Å². The highest BCUT2D eigenvalue weighted by molar-refractivity contribution is 9.10. The fraction of sp³-hybridized carbons (Fsp3) is 0.0526. The van der Waals surface area contributed by atoms with Gasteiger partial charge in [-0.2, -0.15) is 0 Å². The van der Waals surface area contributed by atoms with Crippen LogP contribution in [-0.4, -0.2) is 35.5 Å². The Balaban J connectivity index is 2.01. The minimum atomic E-state index is -0.915. The first-order valence-electron chi connectivity index (χ1n) is 8.17. The minimum absolute atomic E-state index is 0.0455. The summed E-state index contributed by atoms with van der Waals surface area (Å²) < 4.78 is 5.95. The summed E-state index contributed by atoms with van der Waals surface area (Å²) in [7, 11) is 0. The smallest absolute Gasteiger partial charge is 0.335 e. The van der Waals surface area contributed by atoms with Gasteiger partial charge in [0.25, 0.3) is 17.7 Å². The summed E-state index contributed by atoms with van der Waals surface area (Å²) in [5.74, 6) is -2.26. The molecule has 0 aliphatic carbocycles. The van der Waals surface area contributed by atoms with Gasteiger partial charge in [0, 0.05) is 10.0 Å². The zero-order valence-corrected chi connectivity index (χ0v) is 16.3. The zero-order chi connectivity index (χ0) is 21.1. The van der Waals surface area contributed by atoms with E-state index in [1.165, 1.54) is 36.4 Å². The average molecular weight is 460 g/mol. The van der Waals surface area contributed by atoms with E-state index in [1.54, 1.807) is 12.1 Å². The molecule has 1 heterocycles. The number of amides is 5. The molecule has 0 bridgehead atoms. The Hall–Kier alpha value is -3.66. The number of carbonyl (C=O) groups excluding carboxylic acids is 4. The van der Waals surface area contributed by atoms with Crippen molar-refractivity contribution in [1.82, 2.24) is 5.32 Å². The van der Waals surface area contributed by atoms with Gasteiger partial charge in [-0.1, -0.05) is 15.9 Å². The van der Waals surface area contributed by atoms with Crippen molar-refractivity contribution < 1.29 is 29.0 Å². The molecule has 2 aromatic carbocycles. The number of aromatic hydroxyl groups is 1. The van der Waals surface area contributed by atoms with Crippen LogP contribution in [0, 0.1) is 0 Å². The van der Waals surface area contributed by atoms with Crippen LogP contribution in [0.3, 0.4) is 0 Å². The van der Waals surface area contributed by atoms with E-state index in [4.69, 9.17) is 10.5 Å². The van der Waals surface area contributed by atoms with E-state index >= 15 is 0 Å². The second-order valence-electron chi connectivity index (χ2n) is 5.91. The number of rotatable bonds is 5. The lowest BCUT2D eigenvalue weighted by Gasteiger charge is -2.26. The number of nitrogens with one attached hydrogen (secondary N) is 1. The molecule has 0 radical (unpaired) electrons. The summed E-state index contributed by atoms with van der Waals surface area (Å²) in [5, 5.41) is 11.5. The Morgan fingerprint density at radius 3 is 2.52 bits per heavy atom. The molecule has 3 rings (SSSR count).